The molecule has 0 saturated carbocycles. The van der Waals surface area contributed by atoms with Gasteiger partial charge in [-0.3, -0.25) is 14.4 Å². The van der Waals surface area contributed by atoms with E-state index in [2.05, 4.69) is 5.32 Å². The molecule has 1 aromatic heterocycles. The number of carbonyl (C=O) groups is 1. The van der Waals surface area contributed by atoms with Crippen molar-refractivity contribution in [3.8, 4) is 0 Å². The summed E-state index contributed by atoms with van der Waals surface area (Å²) in [6.07, 6.45) is 1.76. The third kappa shape index (κ3) is 3.14. The maximum atomic E-state index is 11.9. The van der Waals surface area contributed by atoms with Crippen molar-refractivity contribution in [2.75, 3.05) is 0 Å². The molecule has 1 heterocycles. The summed E-state index contributed by atoms with van der Waals surface area (Å²) >= 11 is 1.24. The van der Waals surface area contributed by atoms with E-state index in [0.29, 0.717) is 5.56 Å². The molecule has 0 aliphatic heterocycles. The molecule has 5 heteroatoms. The Labute approximate surface area is 113 Å². The number of hydrogen-bond acceptors (Lipinski definition) is 4. The average Bonchev–Trinajstić information content (AvgIpc) is 2.46. The molecule has 2 aromatic rings. The summed E-state index contributed by atoms with van der Waals surface area (Å²) < 4.78 is 0. The van der Waals surface area contributed by atoms with Crippen LogP contribution in [0.5, 0.6) is 0 Å². The van der Waals surface area contributed by atoms with Gasteiger partial charge in [0.25, 0.3) is 5.91 Å². The fourth-order valence-electron chi connectivity index (χ4n) is 1.56. The second-order valence-electron chi connectivity index (χ2n) is 3.77. The van der Waals surface area contributed by atoms with Crippen LogP contribution in [0.25, 0.3) is 0 Å². The molecule has 19 heavy (non-hydrogen) atoms. The zero-order chi connectivity index (χ0) is 13.7. The molecule has 0 bridgehead atoms. The molecule has 4 nitrogen and oxygen atoms in total. The van der Waals surface area contributed by atoms with E-state index in [4.69, 9.17) is 0 Å². The number of rotatable bonds is 4. The van der Waals surface area contributed by atoms with Crippen LogP contribution in [0.1, 0.15) is 22.0 Å². The van der Waals surface area contributed by atoms with Gasteiger partial charge in [-0.25, -0.2) is 0 Å². The van der Waals surface area contributed by atoms with Crippen LogP contribution in [0.15, 0.2) is 52.0 Å². The maximum absolute atomic E-state index is 11.9. The topological polar surface area (TPSA) is 63.2 Å². The quantitative estimate of drug-likeness (QED) is 0.921. The minimum absolute atomic E-state index is 0.0312. The van der Waals surface area contributed by atoms with E-state index >= 15 is 0 Å². The van der Waals surface area contributed by atoms with E-state index in [1.54, 1.807) is 35.9 Å². The summed E-state index contributed by atoms with van der Waals surface area (Å²) in [5.74, 6) is -0.570. The summed E-state index contributed by atoms with van der Waals surface area (Å²) in [6.45, 7) is 0. The predicted molar refractivity (Wildman–Crippen MR) is 72.9 cm³/mol. The lowest BCUT2D eigenvalue weighted by Gasteiger charge is -2.11. The van der Waals surface area contributed by atoms with Gasteiger partial charge >= 0.3 is 0 Å². The molecular weight excluding hydrogens is 262 g/mol. The highest BCUT2D eigenvalue weighted by molar-refractivity contribution is 7.07. The highest BCUT2D eigenvalue weighted by Gasteiger charge is 2.17. The Balaban J connectivity index is 2.20. The lowest BCUT2D eigenvalue weighted by atomic mass is 10.1. The van der Waals surface area contributed by atoms with Gasteiger partial charge < -0.3 is 5.32 Å². The van der Waals surface area contributed by atoms with Gasteiger partial charge in [-0.05, 0) is 17.0 Å². The van der Waals surface area contributed by atoms with Gasteiger partial charge in [0.15, 0.2) is 5.43 Å². The van der Waals surface area contributed by atoms with Gasteiger partial charge in [0.05, 0.1) is 5.56 Å². The van der Waals surface area contributed by atoms with Gasteiger partial charge in [0, 0.05) is 5.38 Å². The van der Waals surface area contributed by atoms with Crippen LogP contribution in [0.2, 0.25) is 0 Å². The summed E-state index contributed by atoms with van der Waals surface area (Å²) in [4.78, 5) is 34.4. The molecule has 1 amide bonds. The monoisotopic (exact) mass is 272 g/mol. The summed E-state index contributed by atoms with van der Waals surface area (Å²) in [6, 6.07) is 9.19. The van der Waals surface area contributed by atoms with Crippen LogP contribution in [0.3, 0.4) is 0 Å². The number of benzene rings is 1. The molecular formula is C14H10NO3S. The van der Waals surface area contributed by atoms with Gasteiger partial charge in [-0.15, -0.1) is 0 Å². The molecule has 0 aliphatic rings. The van der Waals surface area contributed by atoms with E-state index in [1.807, 2.05) is 6.07 Å². The van der Waals surface area contributed by atoms with Crippen molar-refractivity contribution in [1.29, 1.82) is 0 Å². The van der Waals surface area contributed by atoms with E-state index in [0.717, 1.165) is 0 Å². The van der Waals surface area contributed by atoms with Crippen LogP contribution < -0.4 is 10.7 Å². The molecule has 0 spiro atoms. The van der Waals surface area contributed by atoms with Crippen molar-refractivity contribution < 1.29 is 9.59 Å². The molecule has 0 aliphatic carbocycles. The van der Waals surface area contributed by atoms with Gasteiger partial charge in [-0.2, -0.15) is 11.3 Å². The van der Waals surface area contributed by atoms with Crippen molar-refractivity contribution in [1.82, 2.24) is 5.32 Å². The molecule has 1 atom stereocenters. The van der Waals surface area contributed by atoms with Crippen molar-refractivity contribution in [3.05, 3.63) is 68.5 Å². The van der Waals surface area contributed by atoms with E-state index in [1.165, 1.54) is 22.8 Å². The zero-order valence-electron chi connectivity index (χ0n) is 9.83. The van der Waals surface area contributed by atoms with E-state index in [-0.39, 0.29) is 11.0 Å². The lowest BCUT2D eigenvalue weighted by Crippen LogP contribution is -2.32. The van der Waals surface area contributed by atoms with Gasteiger partial charge in [0.1, 0.15) is 6.04 Å². The third-order valence-corrected chi connectivity index (χ3v) is 3.19. The highest BCUT2D eigenvalue weighted by Crippen LogP contribution is 2.10. The highest BCUT2D eigenvalue weighted by atomic mass is 32.1. The van der Waals surface area contributed by atoms with Gasteiger partial charge in [0.2, 0.25) is 6.29 Å². The Morgan fingerprint density at radius 1 is 1.21 bits per heavy atom. The number of nitrogens with one attached hydrogen (secondary N) is 1. The molecule has 1 N–H and O–H groups in total. The van der Waals surface area contributed by atoms with Crippen LogP contribution in [-0.2, 0) is 4.79 Å². The molecule has 95 valence electrons. The molecule has 0 saturated heterocycles. The molecule has 0 fully saturated rings. The first-order valence-corrected chi connectivity index (χ1v) is 6.46. The van der Waals surface area contributed by atoms with Crippen LogP contribution in [0.4, 0.5) is 0 Å². The Morgan fingerprint density at radius 3 is 2.58 bits per heavy atom. The van der Waals surface area contributed by atoms with Crippen molar-refractivity contribution in [3.63, 3.8) is 0 Å². The van der Waals surface area contributed by atoms with Gasteiger partial charge in [-0.1, -0.05) is 30.3 Å². The smallest absolute Gasteiger partial charge is 0.256 e. The predicted octanol–water partition coefficient (Wildman–Crippen LogP) is 1.69. The summed E-state index contributed by atoms with van der Waals surface area (Å²) in [5, 5.41) is 5.54. The Hall–Kier alpha value is -2.27. The minimum atomic E-state index is -0.877. The SMILES string of the molecule is O=[C]C(NC(=O)c1csccc1=O)c1ccccc1. The summed E-state index contributed by atoms with van der Waals surface area (Å²) in [7, 11) is 0. The number of hydrogen-bond donors (Lipinski definition) is 1. The van der Waals surface area contributed by atoms with Crippen molar-refractivity contribution in [2.45, 2.75) is 6.04 Å². The fourth-order valence-corrected chi connectivity index (χ4v) is 2.20. The number of carbonyl (C=O) groups excluding carboxylic acids is 2. The first-order valence-electron chi connectivity index (χ1n) is 5.52. The van der Waals surface area contributed by atoms with Crippen molar-refractivity contribution >= 4 is 23.5 Å². The molecule has 1 aromatic carbocycles. The first kappa shape index (κ1) is 13.2. The van der Waals surface area contributed by atoms with Crippen molar-refractivity contribution in [2.24, 2.45) is 0 Å². The van der Waals surface area contributed by atoms with Crippen LogP contribution in [-0.4, -0.2) is 12.2 Å². The summed E-state index contributed by atoms with van der Waals surface area (Å²) in [5.41, 5.74) is 0.288. The Morgan fingerprint density at radius 2 is 1.95 bits per heavy atom. The first-order chi connectivity index (χ1) is 9.22. The maximum Gasteiger partial charge on any atom is 0.256 e. The van der Waals surface area contributed by atoms with E-state index in [9.17, 15) is 14.4 Å². The standard InChI is InChI=1S/C14H10NO3S/c16-8-12(10-4-2-1-3-5-10)15-14(18)11-9-19-7-6-13(11)17/h1-7,9,12H,(H,15,18). The zero-order valence-corrected chi connectivity index (χ0v) is 10.6. The largest absolute Gasteiger partial charge is 0.337 e. The second kappa shape index (κ2) is 6.06. The van der Waals surface area contributed by atoms with Crippen LogP contribution in [0, 0.1) is 0 Å². The molecule has 2 rings (SSSR count). The van der Waals surface area contributed by atoms with E-state index < -0.39 is 11.9 Å². The fraction of sp³-hybridized carbons (Fsp3) is 0.0714. The minimum Gasteiger partial charge on any atom is -0.337 e. The molecule has 1 unspecified atom stereocenters. The lowest BCUT2D eigenvalue weighted by molar-refractivity contribution is 0.0945. The second-order valence-corrected chi connectivity index (χ2v) is 4.55. The normalized spacial score (nSPS) is 11.6. The average molecular weight is 272 g/mol. The number of amides is 1. The third-order valence-electron chi connectivity index (χ3n) is 2.52. The molecule has 1 radical (unpaired) electrons. The van der Waals surface area contributed by atoms with Crippen LogP contribution >= 0.6 is 11.3 Å². The Kier molecular flexibility index (Phi) is 4.20. The Bertz CT molecular complexity index is 636.